The monoisotopic (exact) mass is 271 g/mol. The van der Waals surface area contributed by atoms with Gasteiger partial charge >= 0.3 is 5.97 Å². The van der Waals surface area contributed by atoms with Crippen LogP contribution in [0.3, 0.4) is 0 Å². The molecule has 1 aliphatic heterocycles. The molecule has 0 spiro atoms. The van der Waals surface area contributed by atoms with Gasteiger partial charge in [-0.1, -0.05) is 0 Å². The molecule has 1 aliphatic rings. The first-order valence-electron chi connectivity index (χ1n) is 6.73. The zero-order valence-corrected chi connectivity index (χ0v) is 11.4. The van der Waals surface area contributed by atoms with Gasteiger partial charge in [0.05, 0.1) is 5.56 Å². The third kappa shape index (κ3) is 2.27. The first-order valence-corrected chi connectivity index (χ1v) is 6.73. The predicted molar refractivity (Wildman–Crippen MR) is 76.2 cm³/mol. The number of benzene rings is 1. The van der Waals surface area contributed by atoms with Crippen LogP contribution in [0.1, 0.15) is 21.6 Å². The van der Waals surface area contributed by atoms with Gasteiger partial charge in [0.1, 0.15) is 0 Å². The van der Waals surface area contributed by atoms with Gasteiger partial charge in [-0.2, -0.15) is 5.10 Å². The Morgan fingerprint density at radius 3 is 2.95 bits per heavy atom. The maximum atomic E-state index is 11.0. The highest BCUT2D eigenvalue weighted by atomic mass is 16.4. The van der Waals surface area contributed by atoms with Crippen molar-refractivity contribution in [2.75, 3.05) is 18.0 Å². The van der Waals surface area contributed by atoms with E-state index >= 15 is 0 Å². The number of nitrogens with zero attached hydrogens (tertiary/aromatic N) is 3. The van der Waals surface area contributed by atoms with Crippen LogP contribution in [0, 0.1) is 0 Å². The van der Waals surface area contributed by atoms with Gasteiger partial charge in [-0.25, -0.2) is 4.79 Å². The number of rotatable bonds is 4. The first-order chi connectivity index (χ1) is 9.65. The number of hydrogen-bond acceptors (Lipinski definition) is 3. The Kier molecular flexibility index (Phi) is 3.18. The second-order valence-electron chi connectivity index (χ2n) is 5.08. The Labute approximate surface area is 117 Å². The zero-order chi connectivity index (χ0) is 14.1. The molecule has 104 valence electrons. The number of carbonyl (C=O) groups is 1. The molecule has 0 atom stereocenters. The van der Waals surface area contributed by atoms with Gasteiger partial charge in [0.25, 0.3) is 0 Å². The largest absolute Gasteiger partial charge is 0.478 e. The van der Waals surface area contributed by atoms with Crippen molar-refractivity contribution >= 4 is 11.7 Å². The Morgan fingerprint density at radius 1 is 1.40 bits per heavy atom. The van der Waals surface area contributed by atoms with Crippen LogP contribution in [-0.2, 0) is 19.9 Å². The van der Waals surface area contributed by atoms with Crippen molar-refractivity contribution in [3.05, 3.63) is 47.3 Å². The number of aryl methyl sites for hydroxylation is 1. The summed E-state index contributed by atoms with van der Waals surface area (Å²) in [6, 6.07) is 7.44. The second-order valence-corrected chi connectivity index (χ2v) is 5.08. The number of anilines is 1. The van der Waals surface area contributed by atoms with E-state index in [1.165, 1.54) is 5.69 Å². The smallest absolute Gasteiger partial charge is 0.335 e. The minimum Gasteiger partial charge on any atom is -0.478 e. The predicted octanol–water partition coefficient (Wildman–Crippen LogP) is 1.72. The van der Waals surface area contributed by atoms with Crippen molar-refractivity contribution in [1.82, 2.24) is 9.78 Å². The molecule has 2 aromatic rings. The lowest BCUT2D eigenvalue weighted by Crippen LogP contribution is -2.24. The number of carboxylic acid groups (broad SMARTS) is 1. The van der Waals surface area contributed by atoms with Gasteiger partial charge in [0, 0.05) is 44.1 Å². The number of carboxylic acids is 1. The molecule has 2 heterocycles. The van der Waals surface area contributed by atoms with Crippen LogP contribution in [0.5, 0.6) is 0 Å². The van der Waals surface area contributed by atoms with Gasteiger partial charge < -0.3 is 10.0 Å². The minimum absolute atomic E-state index is 0.372. The van der Waals surface area contributed by atoms with E-state index in [4.69, 9.17) is 5.11 Å². The summed E-state index contributed by atoms with van der Waals surface area (Å²) in [5.41, 5.74) is 3.88. The number of hydrogen-bond donors (Lipinski definition) is 1. The maximum absolute atomic E-state index is 11.0. The summed E-state index contributed by atoms with van der Waals surface area (Å²) in [6.45, 7) is 1.88. The Hall–Kier alpha value is -2.30. The molecule has 0 unspecified atom stereocenters. The summed E-state index contributed by atoms with van der Waals surface area (Å²) in [7, 11) is 1.95. The van der Waals surface area contributed by atoms with Gasteiger partial charge in [-0.3, -0.25) is 4.68 Å². The van der Waals surface area contributed by atoms with Crippen LogP contribution in [-0.4, -0.2) is 33.9 Å². The third-order valence-electron chi connectivity index (χ3n) is 3.88. The van der Waals surface area contributed by atoms with Crippen molar-refractivity contribution in [3.63, 3.8) is 0 Å². The van der Waals surface area contributed by atoms with Gasteiger partial charge in [-0.05, 0) is 36.2 Å². The molecule has 0 saturated heterocycles. The molecular weight excluding hydrogens is 254 g/mol. The standard InChI is InChI=1S/C15H17N3O2/c1-17-13(4-7-16-17)6-9-18-8-5-11-10-12(15(19)20)2-3-14(11)18/h2-4,7,10H,5-6,8-9H2,1H3,(H,19,20). The topological polar surface area (TPSA) is 58.4 Å². The molecule has 0 saturated carbocycles. The van der Waals surface area contributed by atoms with Gasteiger partial charge in [0.15, 0.2) is 0 Å². The van der Waals surface area contributed by atoms with Crippen LogP contribution < -0.4 is 4.90 Å². The van der Waals surface area contributed by atoms with E-state index in [1.54, 1.807) is 12.1 Å². The molecule has 1 N–H and O–H groups in total. The summed E-state index contributed by atoms with van der Waals surface area (Å²) >= 11 is 0. The van der Waals surface area contributed by atoms with E-state index < -0.39 is 5.97 Å². The summed E-state index contributed by atoms with van der Waals surface area (Å²) in [4.78, 5) is 13.3. The normalized spacial score (nSPS) is 13.6. The lowest BCUT2D eigenvalue weighted by molar-refractivity contribution is 0.0697. The van der Waals surface area contributed by atoms with Gasteiger partial charge in [0.2, 0.25) is 0 Å². The fraction of sp³-hybridized carbons (Fsp3) is 0.333. The lowest BCUT2D eigenvalue weighted by atomic mass is 10.1. The highest BCUT2D eigenvalue weighted by molar-refractivity contribution is 5.88. The van der Waals surface area contributed by atoms with Crippen molar-refractivity contribution in [2.24, 2.45) is 7.05 Å². The second kappa shape index (κ2) is 5.00. The molecule has 0 radical (unpaired) electrons. The Balaban J connectivity index is 1.73. The Morgan fingerprint density at radius 2 is 2.25 bits per heavy atom. The quantitative estimate of drug-likeness (QED) is 0.920. The molecule has 20 heavy (non-hydrogen) atoms. The SMILES string of the molecule is Cn1nccc1CCN1CCc2cc(C(=O)O)ccc21. The molecule has 5 nitrogen and oxygen atoms in total. The van der Waals surface area contributed by atoms with Crippen LogP contribution in [0.15, 0.2) is 30.5 Å². The van der Waals surface area contributed by atoms with Gasteiger partial charge in [-0.15, -0.1) is 0 Å². The summed E-state index contributed by atoms with van der Waals surface area (Å²) < 4.78 is 1.89. The average Bonchev–Trinajstić information content (AvgIpc) is 3.02. The van der Waals surface area contributed by atoms with Crippen molar-refractivity contribution in [3.8, 4) is 0 Å². The van der Waals surface area contributed by atoms with Crippen molar-refractivity contribution in [1.29, 1.82) is 0 Å². The minimum atomic E-state index is -0.860. The molecule has 1 aromatic heterocycles. The van der Waals surface area contributed by atoms with E-state index in [1.807, 2.05) is 30.1 Å². The fourth-order valence-electron chi connectivity index (χ4n) is 2.73. The van der Waals surface area contributed by atoms with Crippen LogP contribution in [0.2, 0.25) is 0 Å². The van der Waals surface area contributed by atoms with Crippen LogP contribution >= 0.6 is 0 Å². The molecule has 3 rings (SSSR count). The number of aromatic carboxylic acids is 1. The molecular formula is C15H17N3O2. The lowest BCUT2D eigenvalue weighted by Gasteiger charge is -2.19. The zero-order valence-electron chi connectivity index (χ0n) is 11.4. The van der Waals surface area contributed by atoms with Crippen molar-refractivity contribution < 1.29 is 9.90 Å². The van der Waals surface area contributed by atoms with Crippen LogP contribution in [0.4, 0.5) is 5.69 Å². The van der Waals surface area contributed by atoms with E-state index in [2.05, 4.69) is 10.00 Å². The molecule has 0 aliphatic carbocycles. The number of fused-ring (bicyclic) bond motifs is 1. The summed E-state index contributed by atoms with van der Waals surface area (Å²) in [6.07, 6.45) is 3.67. The summed E-state index contributed by atoms with van der Waals surface area (Å²) in [5.74, 6) is -0.860. The van der Waals surface area contributed by atoms with E-state index in [9.17, 15) is 4.79 Å². The third-order valence-corrected chi connectivity index (χ3v) is 3.88. The van der Waals surface area contributed by atoms with E-state index in [0.717, 1.165) is 37.2 Å². The molecule has 0 amide bonds. The average molecular weight is 271 g/mol. The fourth-order valence-corrected chi connectivity index (χ4v) is 2.73. The molecule has 0 fully saturated rings. The van der Waals surface area contributed by atoms with Crippen LogP contribution in [0.25, 0.3) is 0 Å². The summed E-state index contributed by atoms with van der Waals surface area (Å²) in [5, 5.41) is 13.2. The molecule has 5 heteroatoms. The number of aromatic nitrogens is 2. The maximum Gasteiger partial charge on any atom is 0.335 e. The van der Waals surface area contributed by atoms with E-state index in [-0.39, 0.29) is 0 Å². The molecule has 1 aromatic carbocycles. The molecule has 0 bridgehead atoms. The van der Waals surface area contributed by atoms with E-state index in [0.29, 0.717) is 5.56 Å². The highest BCUT2D eigenvalue weighted by Crippen LogP contribution is 2.28. The highest BCUT2D eigenvalue weighted by Gasteiger charge is 2.20. The first kappa shape index (κ1) is 12.7. The van der Waals surface area contributed by atoms with Crippen molar-refractivity contribution in [2.45, 2.75) is 12.8 Å². The Bertz CT molecular complexity index is 648.